The number of ether oxygens (including phenoxy) is 1. The van der Waals surface area contributed by atoms with Crippen molar-refractivity contribution in [3.8, 4) is 0 Å². The normalized spacial score (nSPS) is 15.1. The van der Waals surface area contributed by atoms with Crippen LogP contribution in [0.5, 0.6) is 0 Å². The molecule has 1 aliphatic rings. The summed E-state index contributed by atoms with van der Waals surface area (Å²) in [5.41, 5.74) is 4.07. The molecule has 0 saturated heterocycles. The maximum absolute atomic E-state index is 12.8. The maximum Gasteiger partial charge on any atom is 0.338 e. The van der Waals surface area contributed by atoms with Crippen molar-refractivity contribution in [3.63, 3.8) is 0 Å². The highest BCUT2D eigenvalue weighted by molar-refractivity contribution is 6.19. The average Bonchev–Trinajstić information content (AvgIpc) is 3.15. The molecule has 1 unspecified atom stereocenters. The van der Waals surface area contributed by atoms with E-state index in [1.807, 2.05) is 45.3 Å². The van der Waals surface area contributed by atoms with Gasteiger partial charge in [0.2, 0.25) is 11.8 Å². The molecule has 0 saturated carbocycles. The van der Waals surface area contributed by atoms with Gasteiger partial charge in [-0.05, 0) is 82.4 Å². The van der Waals surface area contributed by atoms with Gasteiger partial charge in [-0.2, -0.15) is 0 Å². The van der Waals surface area contributed by atoms with Crippen LogP contribution in [0.4, 0.5) is 17.1 Å². The molecule has 2 aromatic rings. The predicted molar refractivity (Wildman–Crippen MR) is 139 cm³/mol. The molecule has 1 heterocycles. The van der Waals surface area contributed by atoms with E-state index in [0.717, 1.165) is 29.9 Å². The first-order chi connectivity index (χ1) is 16.7. The lowest BCUT2D eigenvalue weighted by atomic mass is 9.93. The smallest absolute Gasteiger partial charge is 0.338 e. The molecule has 35 heavy (non-hydrogen) atoms. The first-order valence-corrected chi connectivity index (χ1v) is 12.0. The van der Waals surface area contributed by atoms with Gasteiger partial charge in [0.25, 0.3) is 0 Å². The van der Waals surface area contributed by atoms with Crippen LogP contribution in [0.1, 0.15) is 55.5 Å². The van der Waals surface area contributed by atoms with Gasteiger partial charge in [0.05, 0.1) is 17.9 Å². The van der Waals surface area contributed by atoms with Crippen molar-refractivity contribution >= 4 is 40.6 Å². The Balaban J connectivity index is 1.82. The highest BCUT2D eigenvalue weighted by Gasteiger charge is 2.34. The minimum Gasteiger partial charge on any atom is -0.462 e. The van der Waals surface area contributed by atoms with Crippen molar-refractivity contribution < 1.29 is 19.1 Å². The van der Waals surface area contributed by atoms with E-state index in [4.69, 9.17) is 9.73 Å². The van der Waals surface area contributed by atoms with E-state index in [1.165, 1.54) is 0 Å². The summed E-state index contributed by atoms with van der Waals surface area (Å²) in [4.78, 5) is 45.7. The van der Waals surface area contributed by atoms with Crippen LogP contribution in [0.25, 0.3) is 0 Å². The van der Waals surface area contributed by atoms with E-state index in [1.54, 1.807) is 36.9 Å². The second-order valence-corrected chi connectivity index (χ2v) is 8.75. The van der Waals surface area contributed by atoms with Gasteiger partial charge in [0, 0.05) is 30.6 Å². The first kappa shape index (κ1) is 26.1. The molecular weight excluding hydrogens is 444 g/mol. The number of fused-ring (bicyclic) bond motifs is 1. The van der Waals surface area contributed by atoms with E-state index >= 15 is 0 Å². The molecule has 0 aromatic heterocycles. The lowest BCUT2D eigenvalue weighted by Crippen LogP contribution is -2.31. The molecule has 0 fully saturated rings. The van der Waals surface area contributed by atoms with Gasteiger partial charge in [-0.1, -0.05) is 13.0 Å². The summed E-state index contributed by atoms with van der Waals surface area (Å²) in [5, 5.41) is 2.87. The third kappa shape index (κ3) is 6.33. The number of nitrogens with one attached hydrogen (secondary N) is 1. The lowest BCUT2D eigenvalue weighted by molar-refractivity contribution is -0.117. The van der Waals surface area contributed by atoms with Crippen LogP contribution in [0.3, 0.4) is 0 Å². The Labute approximate surface area is 207 Å². The number of esters is 1. The summed E-state index contributed by atoms with van der Waals surface area (Å²) < 4.78 is 5.06. The van der Waals surface area contributed by atoms with E-state index in [-0.39, 0.29) is 18.4 Å². The second-order valence-electron chi connectivity index (χ2n) is 8.75. The minimum atomic E-state index is -0.523. The molecule has 186 valence electrons. The summed E-state index contributed by atoms with van der Waals surface area (Å²) >= 11 is 0. The quantitative estimate of drug-likeness (QED) is 0.404. The Kier molecular flexibility index (Phi) is 8.76. The van der Waals surface area contributed by atoms with Crippen molar-refractivity contribution in [2.45, 2.75) is 39.5 Å². The van der Waals surface area contributed by atoms with Crippen LogP contribution in [0, 0.1) is 0 Å². The fourth-order valence-electron chi connectivity index (χ4n) is 4.17. The molecule has 3 rings (SSSR count). The minimum absolute atomic E-state index is 0.00400. The molecule has 2 amide bonds. The highest BCUT2D eigenvalue weighted by atomic mass is 16.5. The van der Waals surface area contributed by atoms with Crippen LogP contribution in [0.15, 0.2) is 47.5 Å². The van der Waals surface area contributed by atoms with Crippen molar-refractivity contribution in [3.05, 3.63) is 53.6 Å². The number of carbonyl (C=O) groups excluding carboxylic acids is 3. The molecule has 0 radical (unpaired) electrons. The third-order valence-corrected chi connectivity index (χ3v) is 5.89. The number of aliphatic imine (C=N–C) groups is 1. The van der Waals surface area contributed by atoms with E-state index in [9.17, 15) is 14.4 Å². The molecule has 8 heteroatoms. The fraction of sp³-hybridized carbons (Fsp3) is 0.407. The Hall–Kier alpha value is -3.52. The van der Waals surface area contributed by atoms with Crippen molar-refractivity contribution in [1.29, 1.82) is 0 Å². The zero-order valence-corrected chi connectivity index (χ0v) is 21.1. The number of amides is 2. The molecule has 0 bridgehead atoms. The summed E-state index contributed by atoms with van der Waals surface area (Å²) in [5.74, 6) is -1.11. The van der Waals surface area contributed by atoms with Gasteiger partial charge >= 0.3 is 5.97 Å². The first-order valence-electron chi connectivity index (χ1n) is 12.0. The summed E-state index contributed by atoms with van der Waals surface area (Å²) in [6.07, 6.45) is 1.46. The molecule has 1 atom stereocenters. The summed E-state index contributed by atoms with van der Waals surface area (Å²) in [6.45, 7) is 7.12. The monoisotopic (exact) mass is 478 g/mol. The van der Waals surface area contributed by atoms with Crippen LogP contribution in [-0.2, 0) is 14.3 Å². The van der Waals surface area contributed by atoms with Crippen LogP contribution in [0.2, 0.25) is 0 Å². The van der Waals surface area contributed by atoms with E-state index < -0.39 is 11.9 Å². The Morgan fingerprint density at radius 3 is 2.37 bits per heavy atom. The van der Waals surface area contributed by atoms with E-state index in [2.05, 4.69) is 10.2 Å². The lowest BCUT2D eigenvalue weighted by Gasteiger charge is -2.22. The van der Waals surface area contributed by atoms with Crippen molar-refractivity contribution in [2.24, 2.45) is 4.99 Å². The van der Waals surface area contributed by atoms with Crippen molar-refractivity contribution in [1.82, 2.24) is 4.90 Å². The molecule has 8 nitrogen and oxygen atoms in total. The predicted octanol–water partition coefficient (Wildman–Crippen LogP) is 4.39. The number of anilines is 2. The van der Waals surface area contributed by atoms with Gasteiger partial charge in [-0.25, -0.2) is 4.79 Å². The zero-order valence-electron chi connectivity index (χ0n) is 21.1. The number of nitrogens with zero attached hydrogens (tertiary/aromatic N) is 3. The van der Waals surface area contributed by atoms with Gasteiger partial charge < -0.3 is 19.9 Å². The van der Waals surface area contributed by atoms with Crippen LogP contribution >= 0.6 is 0 Å². The number of benzene rings is 2. The zero-order chi connectivity index (χ0) is 25.5. The van der Waals surface area contributed by atoms with Gasteiger partial charge in [-0.15, -0.1) is 0 Å². The van der Waals surface area contributed by atoms with Crippen molar-refractivity contribution in [2.75, 3.05) is 44.0 Å². The fourth-order valence-corrected chi connectivity index (χ4v) is 4.17. The third-order valence-electron chi connectivity index (χ3n) is 5.89. The van der Waals surface area contributed by atoms with Gasteiger partial charge in [0.1, 0.15) is 5.92 Å². The Morgan fingerprint density at radius 1 is 1.06 bits per heavy atom. The Bertz CT molecular complexity index is 1110. The van der Waals surface area contributed by atoms with Crippen LogP contribution < -0.4 is 10.2 Å². The number of carbonyl (C=O) groups is 3. The van der Waals surface area contributed by atoms with Gasteiger partial charge in [-0.3, -0.25) is 14.6 Å². The van der Waals surface area contributed by atoms with Crippen LogP contribution in [-0.4, -0.2) is 62.2 Å². The second kappa shape index (κ2) is 11.8. The molecule has 1 N–H and O–H groups in total. The van der Waals surface area contributed by atoms with E-state index in [0.29, 0.717) is 29.9 Å². The number of hydrogen-bond donors (Lipinski definition) is 1. The molecule has 0 aliphatic carbocycles. The average molecular weight is 479 g/mol. The SMILES string of the molecule is CCOC(=O)c1ccc2c(c1)NC(=O)C2C(CC)=Nc1ccc(N(CCCN(C)C)C(C)=O)cc1. The standard InChI is InChI=1S/C27H34N4O4/c1-6-23(25-22-14-9-19(27(34)35-7-2)17-24(22)29-26(25)33)28-20-10-12-21(13-11-20)31(18(3)32)16-8-15-30(4)5/h9-14,17,25H,6-8,15-16H2,1-5H3,(H,29,33). The summed E-state index contributed by atoms with van der Waals surface area (Å²) in [7, 11) is 4.02. The largest absolute Gasteiger partial charge is 0.462 e. The maximum atomic E-state index is 12.8. The molecule has 1 aliphatic heterocycles. The van der Waals surface area contributed by atoms with Gasteiger partial charge in [0.15, 0.2) is 0 Å². The molecular formula is C27H34N4O4. The Morgan fingerprint density at radius 2 is 1.77 bits per heavy atom. The number of hydrogen-bond acceptors (Lipinski definition) is 6. The number of rotatable bonds is 10. The topological polar surface area (TPSA) is 91.3 Å². The highest BCUT2D eigenvalue weighted by Crippen LogP contribution is 2.36. The molecule has 0 spiro atoms. The summed E-state index contributed by atoms with van der Waals surface area (Å²) in [6, 6.07) is 12.6. The molecule has 2 aromatic carbocycles.